The van der Waals surface area contributed by atoms with Gasteiger partial charge in [-0.05, 0) is 121 Å². The lowest BCUT2D eigenvalue weighted by atomic mass is 9.91. The van der Waals surface area contributed by atoms with Crippen LogP contribution in [-0.4, -0.2) is 80.7 Å². The average Bonchev–Trinajstić information content (AvgIpc) is 3.45. The van der Waals surface area contributed by atoms with Gasteiger partial charge in [-0.2, -0.15) is 5.10 Å². The molecule has 2 aromatic heterocycles. The molecule has 52 heavy (non-hydrogen) atoms. The topological polar surface area (TPSA) is 148 Å². The molecule has 2 aliphatic rings. The minimum absolute atomic E-state index is 0.100. The summed E-state index contributed by atoms with van der Waals surface area (Å²) < 4.78 is 13.4. The number of alkyl carbamates (subject to hydrolysis) is 1. The second-order valence-electron chi connectivity index (χ2n) is 15.2. The van der Waals surface area contributed by atoms with Crippen LogP contribution in [-0.2, 0) is 18.2 Å². The molecule has 3 heterocycles. The van der Waals surface area contributed by atoms with Gasteiger partial charge in [-0.15, -0.1) is 0 Å². The molecule has 2 fully saturated rings. The summed E-state index contributed by atoms with van der Waals surface area (Å²) in [4.78, 5) is 37.1. The highest BCUT2D eigenvalue weighted by atomic mass is 16.6. The Morgan fingerprint density at radius 2 is 1.67 bits per heavy atom. The third-order valence-corrected chi connectivity index (χ3v) is 9.73. The molecule has 13 heteroatoms. The molecule has 6 rings (SSSR count). The molecular weight excluding hydrogens is 658 g/mol. The van der Waals surface area contributed by atoms with E-state index in [9.17, 15) is 9.59 Å². The van der Waals surface area contributed by atoms with Crippen LogP contribution in [0, 0.1) is 6.92 Å². The Kier molecular flexibility index (Phi) is 11.2. The first-order valence-electron chi connectivity index (χ1n) is 18.5. The highest BCUT2D eigenvalue weighted by Crippen LogP contribution is 2.30. The van der Waals surface area contributed by atoms with Gasteiger partial charge < -0.3 is 30.3 Å². The Labute approximate surface area is 306 Å². The first kappa shape index (κ1) is 36.9. The standard InChI is InChI=1S/C39H53N9O4/c1-8-25-20-26(21-27-23-40-36(45-35(25)27)41-28-9-11-29(12-10-28)43-38(50)52-39(3,4)5)32-22-34(46-48(32)7)44-37(49)42-30-13-14-33(24(2)19-30)51-31-15-17-47(6)18-16-31/h13-14,19-23,28-29,31H,8-12,15-18H2,1-7H3,(H,43,50)(H,40,41,45)(H2,42,44,46,49). The summed E-state index contributed by atoms with van der Waals surface area (Å²) in [6.45, 7) is 11.8. The van der Waals surface area contributed by atoms with Crippen molar-refractivity contribution in [2.45, 2.75) is 103 Å². The molecular formula is C39H53N9O4. The first-order chi connectivity index (χ1) is 24.8. The number of ether oxygens (including phenoxy) is 2. The molecule has 3 amide bonds. The summed E-state index contributed by atoms with van der Waals surface area (Å²) >= 11 is 0. The molecule has 4 aromatic rings. The molecule has 2 aromatic carbocycles. The van der Waals surface area contributed by atoms with Gasteiger partial charge in [0.2, 0.25) is 5.95 Å². The third kappa shape index (κ3) is 9.49. The number of likely N-dealkylation sites (tertiary alicyclic amines) is 1. The molecule has 0 bridgehead atoms. The monoisotopic (exact) mass is 711 g/mol. The lowest BCUT2D eigenvalue weighted by Crippen LogP contribution is -2.42. The maximum absolute atomic E-state index is 13.0. The van der Waals surface area contributed by atoms with Crippen molar-refractivity contribution in [1.82, 2.24) is 30.0 Å². The number of aromatic nitrogens is 4. The molecule has 0 atom stereocenters. The first-order valence-corrected chi connectivity index (χ1v) is 18.5. The van der Waals surface area contributed by atoms with E-state index in [1.165, 1.54) is 0 Å². The number of urea groups is 1. The number of piperidine rings is 1. The van der Waals surface area contributed by atoms with Gasteiger partial charge in [0.1, 0.15) is 17.5 Å². The molecule has 0 unspecified atom stereocenters. The number of carbonyl (C=O) groups is 2. The predicted molar refractivity (Wildman–Crippen MR) is 205 cm³/mol. The maximum Gasteiger partial charge on any atom is 0.407 e. The maximum atomic E-state index is 13.0. The number of aryl methyl sites for hydroxylation is 3. The molecule has 13 nitrogen and oxygen atoms in total. The van der Waals surface area contributed by atoms with Crippen molar-refractivity contribution in [2.24, 2.45) is 7.05 Å². The number of amides is 3. The van der Waals surface area contributed by atoms with Crippen LogP contribution < -0.4 is 26.0 Å². The van der Waals surface area contributed by atoms with Crippen LogP contribution in [0.1, 0.15) is 77.3 Å². The van der Waals surface area contributed by atoms with E-state index in [1.54, 1.807) is 4.68 Å². The van der Waals surface area contributed by atoms with E-state index < -0.39 is 5.60 Å². The highest BCUT2D eigenvalue weighted by Gasteiger charge is 2.26. The summed E-state index contributed by atoms with van der Waals surface area (Å²) in [5.74, 6) is 1.90. The van der Waals surface area contributed by atoms with E-state index in [-0.39, 0.29) is 30.3 Å². The van der Waals surface area contributed by atoms with Crippen molar-refractivity contribution in [1.29, 1.82) is 0 Å². The number of nitrogens with one attached hydrogen (secondary N) is 4. The van der Waals surface area contributed by atoms with E-state index in [4.69, 9.17) is 14.5 Å². The predicted octanol–water partition coefficient (Wildman–Crippen LogP) is 7.27. The van der Waals surface area contributed by atoms with Crippen molar-refractivity contribution >= 4 is 40.5 Å². The summed E-state index contributed by atoms with van der Waals surface area (Å²) in [7, 11) is 4.00. The Morgan fingerprint density at radius 1 is 0.942 bits per heavy atom. The minimum atomic E-state index is -0.513. The number of rotatable bonds is 9. The normalized spacial score (nSPS) is 18.5. The van der Waals surface area contributed by atoms with Gasteiger partial charge in [0.25, 0.3) is 0 Å². The lowest BCUT2D eigenvalue weighted by Gasteiger charge is -2.30. The second kappa shape index (κ2) is 15.8. The van der Waals surface area contributed by atoms with E-state index >= 15 is 0 Å². The number of anilines is 3. The SMILES string of the molecule is CCc1cc(-c2cc(NC(=O)Nc3ccc(OC4CCN(C)CC4)c(C)c3)nn2C)cc2cnc(NC3CCC(NC(=O)OC(C)(C)C)CC3)nc12. The molecule has 1 aliphatic heterocycles. The van der Waals surface area contributed by atoms with Crippen LogP contribution in [0.4, 0.5) is 27.0 Å². The summed E-state index contributed by atoms with van der Waals surface area (Å²) in [5, 5.41) is 17.8. The summed E-state index contributed by atoms with van der Waals surface area (Å²) in [6, 6.07) is 11.7. The zero-order valence-corrected chi connectivity index (χ0v) is 31.5. The van der Waals surface area contributed by atoms with Crippen LogP contribution in [0.15, 0.2) is 42.6 Å². The van der Waals surface area contributed by atoms with Crippen molar-refractivity contribution in [3.8, 4) is 17.0 Å². The quantitative estimate of drug-likeness (QED) is 0.141. The van der Waals surface area contributed by atoms with Crippen molar-refractivity contribution in [3.05, 3.63) is 53.7 Å². The summed E-state index contributed by atoms with van der Waals surface area (Å²) in [5.41, 5.74) is 4.96. The van der Waals surface area contributed by atoms with Gasteiger partial charge in [-0.25, -0.2) is 19.6 Å². The van der Waals surface area contributed by atoms with Gasteiger partial charge >= 0.3 is 12.1 Å². The third-order valence-electron chi connectivity index (χ3n) is 9.73. The Balaban J connectivity index is 1.06. The Hall–Kier alpha value is -4.91. The fourth-order valence-corrected chi connectivity index (χ4v) is 6.96. The van der Waals surface area contributed by atoms with E-state index in [2.05, 4.69) is 62.4 Å². The molecule has 1 aliphatic carbocycles. The molecule has 4 N–H and O–H groups in total. The van der Waals surface area contributed by atoms with Crippen LogP contribution >= 0.6 is 0 Å². The molecule has 0 spiro atoms. The van der Waals surface area contributed by atoms with E-state index in [0.717, 1.165) is 97.1 Å². The Morgan fingerprint density at radius 3 is 2.37 bits per heavy atom. The molecule has 1 saturated heterocycles. The fourth-order valence-electron chi connectivity index (χ4n) is 6.96. The number of hydrogen-bond acceptors (Lipinski definition) is 9. The van der Waals surface area contributed by atoms with E-state index in [0.29, 0.717) is 17.5 Å². The average molecular weight is 712 g/mol. The zero-order valence-electron chi connectivity index (χ0n) is 31.5. The molecule has 278 valence electrons. The number of nitrogens with zero attached hydrogens (tertiary/aromatic N) is 5. The van der Waals surface area contributed by atoms with E-state index in [1.807, 2.05) is 65.2 Å². The lowest BCUT2D eigenvalue weighted by molar-refractivity contribution is 0.0492. The molecule has 0 radical (unpaired) electrons. The number of carbonyl (C=O) groups excluding carboxylic acids is 2. The van der Waals surface area contributed by atoms with Gasteiger partial charge in [0, 0.05) is 61.1 Å². The second-order valence-corrected chi connectivity index (χ2v) is 15.2. The smallest absolute Gasteiger partial charge is 0.407 e. The largest absolute Gasteiger partial charge is 0.490 e. The fraction of sp³-hybridized carbons (Fsp3) is 0.513. The van der Waals surface area contributed by atoms with Gasteiger partial charge in [-0.1, -0.05) is 6.92 Å². The van der Waals surface area contributed by atoms with Crippen molar-refractivity contribution in [2.75, 3.05) is 36.1 Å². The van der Waals surface area contributed by atoms with Gasteiger partial charge in [0.05, 0.1) is 11.2 Å². The number of fused-ring (bicyclic) bond motifs is 1. The number of benzene rings is 2. The van der Waals surface area contributed by atoms with Crippen molar-refractivity contribution in [3.63, 3.8) is 0 Å². The van der Waals surface area contributed by atoms with Crippen LogP contribution in [0.25, 0.3) is 22.2 Å². The van der Waals surface area contributed by atoms with Crippen molar-refractivity contribution < 1.29 is 19.1 Å². The van der Waals surface area contributed by atoms with Gasteiger partial charge in [0.15, 0.2) is 5.82 Å². The minimum Gasteiger partial charge on any atom is -0.490 e. The highest BCUT2D eigenvalue weighted by molar-refractivity contribution is 5.99. The van der Waals surface area contributed by atoms with Crippen LogP contribution in [0.2, 0.25) is 0 Å². The Bertz CT molecular complexity index is 1890. The number of hydrogen-bond donors (Lipinski definition) is 4. The zero-order chi connectivity index (χ0) is 37.0. The molecule has 1 saturated carbocycles. The van der Waals surface area contributed by atoms with Crippen LogP contribution in [0.3, 0.4) is 0 Å². The van der Waals surface area contributed by atoms with Gasteiger partial charge in [-0.3, -0.25) is 10.00 Å². The van der Waals surface area contributed by atoms with Crippen LogP contribution in [0.5, 0.6) is 5.75 Å². The summed E-state index contributed by atoms with van der Waals surface area (Å²) in [6.07, 6.45) is 8.04.